The minimum atomic E-state index is -4.65. The molecule has 1 amide bonds. The number of carbonyl (C=O) groups excluding carboxylic acids is 1. The van der Waals surface area contributed by atoms with Gasteiger partial charge in [-0.25, -0.2) is 14.2 Å². The fraction of sp³-hybridized carbons (Fsp3) is 0.522. The van der Waals surface area contributed by atoms with Gasteiger partial charge in [-0.1, -0.05) is 30.3 Å². The van der Waals surface area contributed by atoms with Crippen molar-refractivity contribution in [1.82, 2.24) is 19.8 Å². The van der Waals surface area contributed by atoms with Crippen molar-refractivity contribution in [2.45, 2.75) is 50.9 Å². The number of benzene rings is 1. The molecule has 3 heterocycles. The van der Waals surface area contributed by atoms with Gasteiger partial charge < -0.3 is 9.64 Å². The summed E-state index contributed by atoms with van der Waals surface area (Å²) in [7, 11) is 0. The molecule has 34 heavy (non-hydrogen) atoms. The SMILES string of the molecule is C[C@H]1CN(C(=O)OC2CCN(Cc3ccccc3)CC2)[C@H](F)CN1c1cncc(C(F)(F)F)n1. The Labute approximate surface area is 195 Å². The van der Waals surface area contributed by atoms with Crippen LogP contribution in [0, 0.1) is 0 Å². The Bertz CT molecular complexity index is 969. The van der Waals surface area contributed by atoms with Crippen LogP contribution < -0.4 is 4.90 Å². The molecule has 0 aliphatic carbocycles. The Morgan fingerprint density at radius 2 is 1.82 bits per heavy atom. The van der Waals surface area contributed by atoms with Gasteiger partial charge in [0.2, 0.25) is 0 Å². The van der Waals surface area contributed by atoms with Gasteiger partial charge in [0, 0.05) is 32.2 Å². The summed E-state index contributed by atoms with van der Waals surface area (Å²) >= 11 is 0. The minimum Gasteiger partial charge on any atom is -0.446 e. The number of rotatable bonds is 4. The van der Waals surface area contributed by atoms with E-state index in [-0.39, 0.29) is 25.0 Å². The summed E-state index contributed by atoms with van der Waals surface area (Å²) in [6, 6.07) is 9.64. The Balaban J connectivity index is 1.30. The van der Waals surface area contributed by atoms with Crippen molar-refractivity contribution in [2.24, 2.45) is 0 Å². The summed E-state index contributed by atoms with van der Waals surface area (Å²) < 4.78 is 59.4. The average Bonchev–Trinajstić information content (AvgIpc) is 2.82. The van der Waals surface area contributed by atoms with Gasteiger partial charge in [-0.05, 0) is 25.3 Å². The maximum Gasteiger partial charge on any atom is 0.434 e. The lowest BCUT2D eigenvalue weighted by atomic mass is 10.1. The van der Waals surface area contributed by atoms with E-state index in [9.17, 15) is 22.4 Å². The topological polar surface area (TPSA) is 61.8 Å². The Kier molecular flexibility index (Phi) is 7.20. The van der Waals surface area contributed by atoms with Crippen LogP contribution in [0.15, 0.2) is 42.7 Å². The number of amides is 1. The average molecular weight is 481 g/mol. The zero-order valence-corrected chi connectivity index (χ0v) is 18.8. The molecule has 0 unspecified atom stereocenters. The van der Waals surface area contributed by atoms with Gasteiger partial charge in [0.15, 0.2) is 12.0 Å². The first kappa shape index (κ1) is 24.2. The highest BCUT2D eigenvalue weighted by molar-refractivity contribution is 5.68. The molecule has 1 aromatic heterocycles. The van der Waals surface area contributed by atoms with E-state index in [4.69, 9.17) is 4.74 Å². The summed E-state index contributed by atoms with van der Waals surface area (Å²) in [5.41, 5.74) is 0.0728. The summed E-state index contributed by atoms with van der Waals surface area (Å²) in [5, 5.41) is 0. The van der Waals surface area contributed by atoms with Crippen LogP contribution in [0.5, 0.6) is 0 Å². The van der Waals surface area contributed by atoms with Crippen LogP contribution in [0.2, 0.25) is 0 Å². The number of nitrogens with zero attached hydrogens (tertiary/aromatic N) is 5. The highest BCUT2D eigenvalue weighted by Gasteiger charge is 2.39. The molecule has 0 spiro atoms. The van der Waals surface area contributed by atoms with Crippen LogP contribution in [0.1, 0.15) is 31.0 Å². The quantitative estimate of drug-likeness (QED) is 0.484. The number of hydrogen-bond donors (Lipinski definition) is 0. The van der Waals surface area contributed by atoms with Gasteiger partial charge in [0.05, 0.1) is 18.9 Å². The zero-order valence-electron chi connectivity index (χ0n) is 18.8. The molecule has 7 nitrogen and oxygen atoms in total. The fourth-order valence-electron chi connectivity index (χ4n) is 4.31. The smallest absolute Gasteiger partial charge is 0.434 e. The number of piperidine rings is 1. The van der Waals surface area contributed by atoms with Crippen LogP contribution >= 0.6 is 0 Å². The van der Waals surface area contributed by atoms with Crippen molar-refractivity contribution >= 4 is 11.9 Å². The van der Waals surface area contributed by atoms with Crippen molar-refractivity contribution in [1.29, 1.82) is 0 Å². The molecule has 0 saturated carbocycles. The molecule has 4 rings (SSSR count). The molecule has 2 fully saturated rings. The van der Waals surface area contributed by atoms with E-state index in [2.05, 4.69) is 27.0 Å². The Morgan fingerprint density at radius 3 is 2.50 bits per heavy atom. The molecule has 2 aromatic rings. The highest BCUT2D eigenvalue weighted by Crippen LogP contribution is 2.30. The number of alkyl halides is 4. The van der Waals surface area contributed by atoms with Gasteiger partial charge in [-0.2, -0.15) is 13.2 Å². The third-order valence-corrected chi connectivity index (χ3v) is 6.17. The van der Waals surface area contributed by atoms with E-state index in [1.165, 1.54) is 10.5 Å². The fourth-order valence-corrected chi connectivity index (χ4v) is 4.31. The molecule has 2 aliphatic heterocycles. The second-order valence-electron chi connectivity index (χ2n) is 8.69. The van der Waals surface area contributed by atoms with Crippen molar-refractivity contribution < 1.29 is 27.1 Å². The van der Waals surface area contributed by atoms with Gasteiger partial charge in [0.1, 0.15) is 11.9 Å². The van der Waals surface area contributed by atoms with Gasteiger partial charge in [-0.3, -0.25) is 14.8 Å². The Morgan fingerprint density at radius 1 is 1.12 bits per heavy atom. The number of halogens is 4. The first-order valence-electron chi connectivity index (χ1n) is 11.2. The molecule has 0 bridgehead atoms. The number of aromatic nitrogens is 2. The van der Waals surface area contributed by atoms with Crippen LogP contribution in [-0.2, 0) is 17.5 Å². The summed E-state index contributed by atoms with van der Waals surface area (Å²) in [6.45, 7) is 3.70. The zero-order chi connectivity index (χ0) is 24.3. The van der Waals surface area contributed by atoms with Crippen molar-refractivity contribution in [2.75, 3.05) is 31.1 Å². The monoisotopic (exact) mass is 481 g/mol. The molecule has 2 saturated heterocycles. The molecule has 0 radical (unpaired) electrons. The predicted octanol–water partition coefficient (Wildman–Crippen LogP) is 4.10. The molecule has 2 atom stereocenters. The largest absolute Gasteiger partial charge is 0.446 e. The number of hydrogen-bond acceptors (Lipinski definition) is 6. The van der Waals surface area contributed by atoms with Crippen molar-refractivity contribution in [3.8, 4) is 0 Å². The van der Waals surface area contributed by atoms with Gasteiger partial charge in [0.25, 0.3) is 0 Å². The maximum absolute atomic E-state index is 14.9. The molecule has 2 aliphatic rings. The maximum atomic E-state index is 14.9. The summed E-state index contributed by atoms with van der Waals surface area (Å²) in [4.78, 5) is 24.5. The van der Waals surface area contributed by atoms with E-state index in [1.807, 2.05) is 18.2 Å². The first-order valence-corrected chi connectivity index (χ1v) is 11.2. The molecular formula is C23H27F4N5O2. The normalized spacial score (nSPS) is 22.6. The van der Waals surface area contributed by atoms with Crippen LogP contribution in [0.25, 0.3) is 0 Å². The summed E-state index contributed by atoms with van der Waals surface area (Å²) in [6.07, 6.45) is -4.32. The van der Waals surface area contributed by atoms with Crippen LogP contribution in [0.3, 0.4) is 0 Å². The molecule has 1 aromatic carbocycles. The number of ether oxygens (including phenoxy) is 1. The number of anilines is 1. The molecule has 11 heteroatoms. The van der Waals surface area contributed by atoms with E-state index >= 15 is 0 Å². The van der Waals surface area contributed by atoms with Gasteiger partial charge in [-0.15, -0.1) is 0 Å². The molecule has 0 N–H and O–H groups in total. The number of likely N-dealkylation sites (tertiary alicyclic amines) is 1. The molecular weight excluding hydrogens is 454 g/mol. The highest BCUT2D eigenvalue weighted by atomic mass is 19.4. The lowest BCUT2D eigenvalue weighted by molar-refractivity contribution is -0.141. The third kappa shape index (κ3) is 5.75. The Hall–Kier alpha value is -2.95. The second-order valence-corrected chi connectivity index (χ2v) is 8.69. The van der Waals surface area contributed by atoms with E-state index in [0.717, 1.165) is 30.7 Å². The van der Waals surface area contributed by atoms with E-state index in [1.54, 1.807) is 6.92 Å². The number of piperazine rings is 1. The lowest BCUT2D eigenvalue weighted by Crippen LogP contribution is -2.58. The van der Waals surface area contributed by atoms with Crippen LogP contribution in [-0.4, -0.2) is 70.5 Å². The van der Waals surface area contributed by atoms with E-state index in [0.29, 0.717) is 19.0 Å². The standard InChI is InChI=1S/C23H27F4N5O2/c1-16-13-32(20(24)15-31(16)21-12-28-11-19(29-21)23(25,26)27)22(33)34-18-7-9-30(10-8-18)14-17-5-3-2-4-6-17/h2-6,11-12,16,18,20H,7-10,13-15H2,1H3/t16-,20-/m0/s1. The first-order chi connectivity index (χ1) is 16.2. The minimum absolute atomic E-state index is 0.0369. The number of carbonyl (C=O) groups is 1. The third-order valence-electron chi connectivity index (χ3n) is 6.17. The van der Waals surface area contributed by atoms with E-state index < -0.39 is 30.3 Å². The lowest BCUT2D eigenvalue weighted by Gasteiger charge is -2.42. The predicted molar refractivity (Wildman–Crippen MR) is 117 cm³/mol. The van der Waals surface area contributed by atoms with Crippen molar-refractivity contribution in [3.63, 3.8) is 0 Å². The molecule has 184 valence electrons. The van der Waals surface area contributed by atoms with Crippen LogP contribution in [0.4, 0.5) is 28.2 Å². The van der Waals surface area contributed by atoms with Gasteiger partial charge >= 0.3 is 12.3 Å². The van der Waals surface area contributed by atoms with Crippen molar-refractivity contribution in [3.05, 3.63) is 54.0 Å². The summed E-state index contributed by atoms with van der Waals surface area (Å²) in [5.74, 6) is -0.0798. The second kappa shape index (κ2) is 10.1.